The van der Waals surface area contributed by atoms with Crippen molar-refractivity contribution < 1.29 is 13.2 Å². The van der Waals surface area contributed by atoms with Crippen LogP contribution in [-0.4, -0.2) is 60.6 Å². The molecular weight excluding hydrogens is 408 g/mol. The van der Waals surface area contributed by atoms with Gasteiger partial charge in [0, 0.05) is 44.1 Å². The van der Waals surface area contributed by atoms with Crippen molar-refractivity contribution in [2.45, 2.75) is 43.8 Å². The van der Waals surface area contributed by atoms with Gasteiger partial charge < -0.3 is 9.64 Å². The van der Waals surface area contributed by atoms with Crippen molar-refractivity contribution in [1.82, 2.24) is 13.7 Å². The number of ether oxygens (including phenoxy) is 1. The Hall–Kier alpha value is -1.71. The topological polar surface area (TPSA) is 75.6 Å². The van der Waals surface area contributed by atoms with Crippen LogP contribution >= 0.6 is 11.5 Å². The summed E-state index contributed by atoms with van der Waals surface area (Å²) >= 11 is 1.39. The Bertz CT molecular complexity index is 917. The first kappa shape index (κ1) is 20.6. The van der Waals surface area contributed by atoms with Crippen LogP contribution in [-0.2, 0) is 16.4 Å². The van der Waals surface area contributed by atoms with Gasteiger partial charge in [0.1, 0.15) is 11.6 Å². The molecule has 0 radical (unpaired) electrons. The largest absolute Gasteiger partial charge is 0.497 e. The van der Waals surface area contributed by atoms with Crippen molar-refractivity contribution >= 4 is 26.7 Å². The SMILES string of the molecule is COc1cccc(Cc2nsc(N3CCN(S(=O)(=O)C4CCCCC4)CC3)n2)c1. The zero-order valence-electron chi connectivity index (χ0n) is 16.8. The summed E-state index contributed by atoms with van der Waals surface area (Å²) in [7, 11) is -1.51. The van der Waals surface area contributed by atoms with Crippen molar-refractivity contribution in [3.63, 3.8) is 0 Å². The molecular formula is C20H28N4O3S2. The minimum Gasteiger partial charge on any atom is -0.497 e. The highest BCUT2D eigenvalue weighted by Crippen LogP contribution is 2.28. The minimum absolute atomic E-state index is 0.182. The van der Waals surface area contributed by atoms with Crippen LogP contribution in [0.4, 0.5) is 5.13 Å². The molecule has 1 aliphatic heterocycles. The van der Waals surface area contributed by atoms with E-state index in [-0.39, 0.29) is 5.25 Å². The molecule has 7 nitrogen and oxygen atoms in total. The zero-order chi connectivity index (χ0) is 20.3. The fraction of sp³-hybridized carbons (Fsp3) is 0.600. The van der Waals surface area contributed by atoms with Crippen molar-refractivity contribution in [3.05, 3.63) is 35.7 Å². The smallest absolute Gasteiger partial charge is 0.217 e. The molecule has 2 aliphatic rings. The molecule has 1 aromatic carbocycles. The molecule has 2 fully saturated rings. The summed E-state index contributed by atoms with van der Waals surface area (Å²) in [4.78, 5) is 6.84. The van der Waals surface area contributed by atoms with E-state index in [2.05, 4.69) is 14.3 Å². The van der Waals surface area contributed by atoms with Gasteiger partial charge in [0.25, 0.3) is 0 Å². The second-order valence-electron chi connectivity index (χ2n) is 7.71. The molecule has 1 aromatic heterocycles. The van der Waals surface area contributed by atoms with E-state index >= 15 is 0 Å². The van der Waals surface area contributed by atoms with Gasteiger partial charge in [-0.15, -0.1) is 0 Å². The first-order valence-corrected chi connectivity index (χ1v) is 12.5. The number of methoxy groups -OCH3 is 1. The lowest BCUT2D eigenvalue weighted by molar-refractivity contribution is 0.367. The molecule has 2 heterocycles. The van der Waals surface area contributed by atoms with E-state index < -0.39 is 10.0 Å². The van der Waals surface area contributed by atoms with E-state index in [0.717, 1.165) is 54.4 Å². The standard InChI is InChI=1S/C20H28N4O3S2/c1-27-17-7-5-6-16(14-17)15-19-21-20(28-22-19)23-10-12-24(13-11-23)29(25,26)18-8-3-2-4-9-18/h5-7,14,18H,2-4,8-13,15H2,1H3. The number of rotatable bonds is 6. The van der Waals surface area contributed by atoms with Crippen LogP contribution in [0, 0.1) is 0 Å². The van der Waals surface area contributed by atoms with E-state index in [9.17, 15) is 8.42 Å². The first-order valence-electron chi connectivity index (χ1n) is 10.3. The molecule has 29 heavy (non-hydrogen) atoms. The van der Waals surface area contributed by atoms with Crippen LogP contribution in [0.15, 0.2) is 24.3 Å². The van der Waals surface area contributed by atoms with E-state index in [1.54, 1.807) is 11.4 Å². The van der Waals surface area contributed by atoms with Gasteiger partial charge in [-0.1, -0.05) is 31.4 Å². The van der Waals surface area contributed by atoms with Gasteiger partial charge >= 0.3 is 0 Å². The maximum Gasteiger partial charge on any atom is 0.217 e. The third kappa shape index (κ3) is 4.73. The Balaban J connectivity index is 1.35. The Morgan fingerprint density at radius 1 is 1.14 bits per heavy atom. The fourth-order valence-corrected chi connectivity index (χ4v) is 6.88. The highest BCUT2D eigenvalue weighted by Gasteiger charge is 2.35. The van der Waals surface area contributed by atoms with Crippen LogP contribution in [0.3, 0.4) is 0 Å². The summed E-state index contributed by atoms with van der Waals surface area (Å²) in [5, 5.41) is 0.691. The van der Waals surface area contributed by atoms with Crippen molar-refractivity contribution in [2.24, 2.45) is 0 Å². The average Bonchev–Trinajstić information content (AvgIpc) is 3.23. The summed E-state index contributed by atoms with van der Waals surface area (Å²) in [5.41, 5.74) is 1.11. The van der Waals surface area contributed by atoms with Gasteiger partial charge in [0.2, 0.25) is 15.2 Å². The molecule has 0 amide bonds. The Labute approximate surface area is 176 Å². The Kier molecular flexibility index (Phi) is 6.36. The number of aromatic nitrogens is 2. The maximum atomic E-state index is 12.9. The predicted octanol–water partition coefficient (Wildman–Crippen LogP) is 2.92. The fourth-order valence-electron chi connectivity index (χ4n) is 4.12. The number of hydrogen-bond acceptors (Lipinski definition) is 7. The first-order chi connectivity index (χ1) is 14.1. The van der Waals surface area contributed by atoms with E-state index in [1.165, 1.54) is 11.5 Å². The number of nitrogens with zero attached hydrogens (tertiary/aromatic N) is 4. The average molecular weight is 437 g/mol. The van der Waals surface area contributed by atoms with Crippen molar-refractivity contribution in [1.29, 1.82) is 0 Å². The van der Waals surface area contributed by atoms with Gasteiger partial charge in [0.15, 0.2) is 0 Å². The molecule has 0 unspecified atom stereocenters. The number of hydrogen-bond donors (Lipinski definition) is 0. The molecule has 9 heteroatoms. The number of sulfonamides is 1. The molecule has 1 saturated carbocycles. The van der Waals surface area contributed by atoms with Crippen molar-refractivity contribution in [3.8, 4) is 5.75 Å². The van der Waals surface area contributed by atoms with Gasteiger partial charge in [-0.2, -0.15) is 8.68 Å². The second kappa shape index (κ2) is 8.97. The summed E-state index contributed by atoms with van der Waals surface area (Å²) in [6.45, 7) is 2.40. The maximum absolute atomic E-state index is 12.9. The third-order valence-electron chi connectivity index (χ3n) is 5.80. The van der Waals surface area contributed by atoms with Crippen LogP contribution in [0.2, 0.25) is 0 Å². The Morgan fingerprint density at radius 2 is 1.90 bits per heavy atom. The molecule has 2 aromatic rings. The summed E-state index contributed by atoms with van der Waals surface area (Å²) < 4.78 is 37.3. The molecule has 1 aliphatic carbocycles. The number of anilines is 1. The quantitative estimate of drug-likeness (QED) is 0.693. The monoisotopic (exact) mass is 436 g/mol. The number of piperazine rings is 1. The molecule has 0 bridgehead atoms. The van der Waals surface area contributed by atoms with Crippen LogP contribution in [0.25, 0.3) is 0 Å². The third-order valence-corrected chi connectivity index (χ3v) is 9.01. The van der Waals surface area contributed by atoms with E-state index in [1.807, 2.05) is 24.3 Å². The molecule has 4 rings (SSSR count). The van der Waals surface area contributed by atoms with E-state index in [0.29, 0.717) is 32.6 Å². The molecule has 158 valence electrons. The second-order valence-corrected chi connectivity index (χ2v) is 10.7. The highest BCUT2D eigenvalue weighted by atomic mass is 32.2. The Morgan fingerprint density at radius 3 is 2.62 bits per heavy atom. The van der Waals surface area contributed by atoms with Crippen LogP contribution in [0.1, 0.15) is 43.5 Å². The van der Waals surface area contributed by atoms with Gasteiger partial charge in [0.05, 0.1) is 12.4 Å². The lowest BCUT2D eigenvalue weighted by Gasteiger charge is -2.36. The summed E-state index contributed by atoms with van der Waals surface area (Å²) in [5.74, 6) is 1.61. The lowest BCUT2D eigenvalue weighted by Crippen LogP contribution is -2.51. The van der Waals surface area contributed by atoms with Gasteiger partial charge in [-0.05, 0) is 30.5 Å². The molecule has 0 atom stereocenters. The number of benzene rings is 1. The molecule has 0 N–H and O–H groups in total. The van der Waals surface area contributed by atoms with Crippen LogP contribution in [0.5, 0.6) is 5.75 Å². The lowest BCUT2D eigenvalue weighted by atomic mass is 10.0. The van der Waals surface area contributed by atoms with Gasteiger partial charge in [-0.3, -0.25) is 0 Å². The molecule has 0 spiro atoms. The summed E-state index contributed by atoms with van der Waals surface area (Å²) in [6.07, 6.45) is 5.51. The zero-order valence-corrected chi connectivity index (χ0v) is 18.4. The van der Waals surface area contributed by atoms with E-state index in [4.69, 9.17) is 4.74 Å². The normalized spacial score (nSPS) is 19.4. The highest BCUT2D eigenvalue weighted by molar-refractivity contribution is 7.89. The minimum atomic E-state index is -3.17. The predicted molar refractivity (Wildman–Crippen MR) is 115 cm³/mol. The van der Waals surface area contributed by atoms with Crippen molar-refractivity contribution in [2.75, 3.05) is 38.2 Å². The summed E-state index contributed by atoms with van der Waals surface area (Å²) in [6, 6.07) is 7.92. The van der Waals surface area contributed by atoms with Gasteiger partial charge in [-0.25, -0.2) is 13.4 Å². The van der Waals surface area contributed by atoms with Crippen LogP contribution < -0.4 is 9.64 Å². The molecule has 1 saturated heterocycles.